The Bertz CT molecular complexity index is 1230. The fourth-order valence-electron chi connectivity index (χ4n) is 3.39. The first kappa shape index (κ1) is 23.2. The first-order valence-electron chi connectivity index (χ1n) is 10.5. The number of aromatic nitrogens is 3. The van der Waals surface area contributed by atoms with Crippen molar-refractivity contribution in [3.63, 3.8) is 0 Å². The monoisotopic (exact) mass is 484 g/mol. The Balaban J connectivity index is 1.56. The van der Waals surface area contributed by atoms with Crippen LogP contribution in [0, 0.1) is 5.82 Å². The van der Waals surface area contributed by atoms with Crippen LogP contribution in [0.15, 0.2) is 71.4 Å². The molecule has 1 aromatic carbocycles. The van der Waals surface area contributed by atoms with E-state index in [2.05, 4.69) is 15.0 Å². The van der Waals surface area contributed by atoms with Crippen LogP contribution < -0.4 is 4.90 Å². The molecule has 0 amide bonds. The maximum Gasteiger partial charge on any atom is 0.137 e. The summed E-state index contributed by atoms with van der Waals surface area (Å²) in [6, 6.07) is 9.92. The lowest BCUT2D eigenvalue weighted by Gasteiger charge is -2.30. The molecule has 170 valence electrons. The van der Waals surface area contributed by atoms with E-state index >= 15 is 0 Å². The maximum atomic E-state index is 13.1. The minimum Gasteiger partial charge on any atom is -0.488 e. The minimum atomic E-state index is -0.281. The van der Waals surface area contributed by atoms with Crippen molar-refractivity contribution in [2.75, 3.05) is 11.4 Å². The molecule has 33 heavy (non-hydrogen) atoms. The molecule has 0 atom stereocenters. The number of ether oxygens (including phenoxy) is 1. The highest BCUT2D eigenvalue weighted by atomic mass is 35.5. The number of pyridine rings is 1. The Morgan fingerprint density at radius 3 is 2.58 bits per heavy atom. The van der Waals surface area contributed by atoms with Crippen LogP contribution in [0.2, 0.25) is 5.02 Å². The van der Waals surface area contributed by atoms with Crippen LogP contribution in [0.5, 0.6) is 0 Å². The van der Waals surface area contributed by atoms with Crippen molar-refractivity contribution in [2.45, 2.75) is 33.3 Å². The first-order chi connectivity index (χ1) is 15.8. The average molecular weight is 485 g/mol. The fourth-order valence-corrected chi connectivity index (χ4v) is 3.83. The maximum absolute atomic E-state index is 13.1. The molecule has 0 bridgehead atoms. The van der Waals surface area contributed by atoms with Gasteiger partial charge in [0.25, 0.3) is 0 Å². The van der Waals surface area contributed by atoms with Crippen molar-refractivity contribution in [3.8, 4) is 11.4 Å². The molecule has 0 spiro atoms. The van der Waals surface area contributed by atoms with Crippen LogP contribution in [-0.4, -0.2) is 21.5 Å². The van der Waals surface area contributed by atoms with Crippen molar-refractivity contribution in [1.29, 1.82) is 0 Å². The second kappa shape index (κ2) is 9.89. The Kier molecular flexibility index (Phi) is 6.96. The number of hydrogen-bond acceptors (Lipinski definition) is 5. The third-order valence-electron chi connectivity index (χ3n) is 5.22. The van der Waals surface area contributed by atoms with Gasteiger partial charge < -0.3 is 9.64 Å². The molecule has 0 N–H and O–H groups in total. The van der Waals surface area contributed by atoms with Gasteiger partial charge in [0.1, 0.15) is 24.0 Å². The van der Waals surface area contributed by atoms with Crippen LogP contribution >= 0.6 is 23.2 Å². The van der Waals surface area contributed by atoms with E-state index in [1.165, 1.54) is 12.1 Å². The van der Waals surface area contributed by atoms with E-state index in [-0.39, 0.29) is 11.7 Å². The average Bonchev–Trinajstić information content (AvgIpc) is 2.81. The molecule has 0 fully saturated rings. The normalized spacial score (nSPS) is 14.0. The number of anilines is 1. The fraction of sp³-hybridized carbons (Fsp3) is 0.240. The lowest BCUT2D eigenvalue weighted by molar-refractivity contribution is 0.208. The predicted molar refractivity (Wildman–Crippen MR) is 130 cm³/mol. The van der Waals surface area contributed by atoms with Gasteiger partial charge >= 0.3 is 0 Å². The molecule has 1 aliphatic rings. The van der Waals surface area contributed by atoms with Gasteiger partial charge in [0.2, 0.25) is 0 Å². The minimum absolute atomic E-state index is 0.210. The van der Waals surface area contributed by atoms with Gasteiger partial charge in [0.05, 0.1) is 33.7 Å². The topological polar surface area (TPSA) is 51.1 Å². The molecule has 1 aliphatic heterocycles. The van der Waals surface area contributed by atoms with Gasteiger partial charge in [-0.1, -0.05) is 49.2 Å². The summed E-state index contributed by atoms with van der Waals surface area (Å²) in [5.41, 5.74) is 3.98. The van der Waals surface area contributed by atoms with E-state index in [0.717, 1.165) is 28.5 Å². The van der Waals surface area contributed by atoms with Gasteiger partial charge in [-0.15, -0.1) is 0 Å². The van der Waals surface area contributed by atoms with E-state index in [1.807, 2.05) is 43.9 Å². The molecule has 4 rings (SSSR count). The lowest BCUT2D eigenvalue weighted by atomic mass is 10.1. The molecule has 2 aromatic heterocycles. The standard InChI is InChI=1S/C25H23Cl2FN4O/c1-15(2)25-29-9-8-21(31-25)22-11-23(19(26)12-30-22)32-13-20(27)24(10-16(32)3)33-14-17-4-6-18(28)7-5-17/h4-12,15H,13-14H2,1-3H3. The number of halogens is 3. The Hall–Kier alpha value is -2.96. The first-order valence-corrected chi connectivity index (χ1v) is 11.3. The zero-order valence-electron chi connectivity index (χ0n) is 18.5. The van der Waals surface area contributed by atoms with Crippen LogP contribution in [-0.2, 0) is 11.3 Å². The second-order valence-corrected chi connectivity index (χ2v) is 8.90. The van der Waals surface area contributed by atoms with Gasteiger partial charge in [-0.2, -0.15) is 0 Å². The van der Waals surface area contributed by atoms with E-state index in [9.17, 15) is 4.39 Å². The van der Waals surface area contributed by atoms with Gasteiger partial charge in [0, 0.05) is 30.1 Å². The summed E-state index contributed by atoms with van der Waals surface area (Å²) in [5, 5.41) is 1.05. The summed E-state index contributed by atoms with van der Waals surface area (Å²) >= 11 is 13.1. The molecular weight excluding hydrogens is 462 g/mol. The van der Waals surface area contributed by atoms with Gasteiger partial charge in [0.15, 0.2) is 0 Å². The molecule has 0 saturated heterocycles. The third kappa shape index (κ3) is 5.34. The number of nitrogens with zero attached hydrogens (tertiary/aromatic N) is 4. The van der Waals surface area contributed by atoms with Crippen LogP contribution in [0.4, 0.5) is 10.1 Å². The zero-order chi connectivity index (χ0) is 23.5. The molecule has 5 nitrogen and oxygen atoms in total. The van der Waals surface area contributed by atoms with Crippen molar-refractivity contribution in [3.05, 3.63) is 93.6 Å². The van der Waals surface area contributed by atoms with E-state index in [0.29, 0.717) is 34.7 Å². The van der Waals surface area contributed by atoms with Gasteiger partial charge in [-0.3, -0.25) is 4.98 Å². The summed E-state index contributed by atoms with van der Waals surface area (Å²) in [4.78, 5) is 15.4. The number of hydrogen-bond donors (Lipinski definition) is 0. The highest BCUT2D eigenvalue weighted by Gasteiger charge is 2.22. The SMILES string of the molecule is CC1=CC(OCc2ccc(F)cc2)=C(Cl)CN1c1cc(-c2ccnc(C(C)C)n2)ncc1Cl. The summed E-state index contributed by atoms with van der Waals surface area (Å²) in [7, 11) is 0. The number of benzene rings is 1. The van der Waals surface area contributed by atoms with E-state index < -0.39 is 0 Å². The molecule has 0 aliphatic carbocycles. The van der Waals surface area contributed by atoms with Crippen molar-refractivity contribution in [1.82, 2.24) is 15.0 Å². The summed E-state index contributed by atoms with van der Waals surface area (Å²) < 4.78 is 19.0. The Morgan fingerprint density at radius 2 is 1.85 bits per heavy atom. The molecular formula is C25H23Cl2FN4O. The molecule has 0 saturated carbocycles. The number of rotatable bonds is 6. The Morgan fingerprint density at radius 1 is 1.09 bits per heavy atom. The summed E-state index contributed by atoms with van der Waals surface area (Å²) in [6.07, 6.45) is 5.23. The molecule has 0 radical (unpaired) electrons. The lowest BCUT2D eigenvalue weighted by Crippen LogP contribution is -2.27. The van der Waals surface area contributed by atoms with Crippen LogP contribution in [0.25, 0.3) is 11.4 Å². The van der Waals surface area contributed by atoms with E-state index in [4.69, 9.17) is 27.9 Å². The van der Waals surface area contributed by atoms with Crippen molar-refractivity contribution in [2.24, 2.45) is 0 Å². The second-order valence-electron chi connectivity index (χ2n) is 8.03. The third-order valence-corrected chi connectivity index (χ3v) is 5.81. The molecule has 3 heterocycles. The zero-order valence-corrected chi connectivity index (χ0v) is 20.0. The highest BCUT2D eigenvalue weighted by Crippen LogP contribution is 2.35. The quantitative estimate of drug-likeness (QED) is 0.383. The number of allylic oxidation sites excluding steroid dienone is 2. The van der Waals surface area contributed by atoms with Crippen LogP contribution in [0.3, 0.4) is 0 Å². The van der Waals surface area contributed by atoms with Gasteiger partial charge in [-0.25, -0.2) is 14.4 Å². The summed E-state index contributed by atoms with van der Waals surface area (Å²) in [6.45, 7) is 6.74. The predicted octanol–water partition coefficient (Wildman–Crippen LogP) is 6.85. The highest BCUT2D eigenvalue weighted by molar-refractivity contribution is 6.33. The molecule has 3 aromatic rings. The van der Waals surface area contributed by atoms with Crippen molar-refractivity contribution < 1.29 is 9.13 Å². The Labute approximate surface area is 202 Å². The largest absolute Gasteiger partial charge is 0.488 e. The smallest absolute Gasteiger partial charge is 0.137 e. The molecule has 8 heteroatoms. The molecule has 0 unspecified atom stereocenters. The summed E-state index contributed by atoms with van der Waals surface area (Å²) in [5.74, 6) is 1.27. The van der Waals surface area contributed by atoms with E-state index in [1.54, 1.807) is 24.5 Å². The van der Waals surface area contributed by atoms with Crippen molar-refractivity contribution >= 4 is 28.9 Å². The van der Waals surface area contributed by atoms with Gasteiger partial charge in [-0.05, 0) is 36.8 Å². The van der Waals surface area contributed by atoms with Crippen LogP contribution in [0.1, 0.15) is 38.1 Å².